The van der Waals surface area contributed by atoms with Crippen molar-refractivity contribution in [2.24, 2.45) is 11.8 Å². The lowest BCUT2D eigenvalue weighted by atomic mass is 9.74. The molecule has 1 amide bonds. The van der Waals surface area contributed by atoms with Crippen LogP contribution < -0.4 is 5.32 Å². The van der Waals surface area contributed by atoms with E-state index in [4.69, 9.17) is 16.4 Å². The molecular weight excluding hydrogens is 629 g/mol. The number of nitrogens with one attached hydrogen (secondary N) is 1. The number of aliphatic hydroxyl groups is 1. The Morgan fingerprint density at radius 3 is 2.31 bits per heavy atom. The number of amides is 1. The molecule has 2 saturated carbocycles. The first-order valence-electron chi connectivity index (χ1n) is 14.5. The van der Waals surface area contributed by atoms with Gasteiger partial charge in [-0.05, 0) is 73.8 Å². The number of hydrogen-bond donors (Lipinski definition) is 2. The number of hydroxylamine groups is 2. The molecule has 0 heterocycles. The van der Waals surface area contributed by atoms with Gasteiger partial charge in [-0.1, -0.05) is 41.9 Å². The van der Waals surface area contributed by atoms with E-state index in [0.29, 0.717) is 37.9 Å². The standard InChI is InChI=1S/C33H34ClF3N2O5S/c1-20(19-44-39(2)18-21-6-4-3-5-7-21)15-33(41)16-23-8-9-24(17-33)31(23)45(42,43)29-12-22(10-11-26(29)34)32(40)38-25-13-27(35)30(37)28(36)14-25/h3-7,10-14,19,23-24,31,41H,8-9,15-18H2,1-2H3,(H,38,40)/b20-19-/t23?,24?,31-,33-. The Hall–Kier alpha value is -3.38. The van der Waals surface area contributed by atoms with E-state index in [2.05, 4.69) is 5.32 Å². The van der Waals surface area contributed by atoms with Crippen LogP contribution in [0, 0.1) is 29.3 Å². The maximum absolute atomic E-state index is 14.0. The molecule has 0 saturated heterocycles. The van der Waals surface area contributed by atoms with Gasteiger partial charge >= 0.3 is 0 Å². The number of carbonyl (C=O) groups is 1. The summed E-state index contributed by atoms with van der Waals surface area (Å²) >= 11 is 6.35. The number of nitrogens with zero attached hydrogens (tertiary/aromatic N) is 1. The minimum Gasteiger partial charge on any atom is -0.414 e. The molecular formula is C33H34ClF3N2O5S. The second kappa shape index (κ2) is 13.2. The van der Waals surface area contributed by atoms with Crippen LogP contribution in [-0.2, 0) is 21.2 Å². The van der Waals surface area contributed by atoms with Crippen LogP contribution in [0.1, 0.15) is 54.9 Å². The molecule has 2 aliphatic carbocycles. The molecule has 7 nitrogen and oxygen atoms in total. The van der Waals surface area contributed by atoms with Crippen LogP contribution in [-0.4, -0.2) is 42.4 Å². The summed E-state index contributed by atoms with van der Waals surface area (Å²) in [6.07, 6.45) is 3.73. The van der Waals surface area contributed by atoms with E-state index in [1.54, 1.807) is 11.3 Å². The average molecular weight is 663 g/mol. The molecule has 240 valence electrons. The van der Waals surface area contributed by atoms with Crippen molar-refractivity contribution in [3.63, 3.8) is 0 Å². The Kier molecular flexibility index (Phi) is 9.65. The number of rotatable bonds is 10. The Bertz CT molecular complexity index is 1680. The quantitative estimate of drug-likeness (QED) is 0.137. The van der Waals surface area contributed by atoms with Crippen molar-refractivity contribution >= 4 is 33.0 Å². The van der Waals surface area contributed by atoms with Gasteiger partial charge in [0.1, 0.15) is 6.26 Å². The molecule has 2 atom stereocenters. The van der Waals surface area contributed by atoms with Crippen LogP contribution in [0.3, 0.4) is 0 Å². The van der Waals surface area contributed by atoms with Gasteiger partial charge in [0.25, 0.3) is 5.91 Å². The molecule has 3 aromatic carbocycles. The van der Waals surface area contributed by atoms with Gasteiger partial charge in [-0.2, -0.15) is 0 Å². The smallest absolute Gasteiger partial charge is 0.255 e. The fraction of sp³-hybridized carbons (Fsp3) is 0.364. The van der Waals surface area contributed by atoms with Crippen LogP contribution in [0.5, 0.6) is 0 Å². The minimum atomic E-state index is -4.05. The van der Waals surface area contributed by atoms with Gasteiger partial charge in [0.15, 0.2) is 27.3 Å². The van der Waals surface area contributed by atoms with Crippen LogP contribution in [0.25, 0.3) is 0 Å². The van der Waals surface area contributed by atoms with Gasteiger partial charge < -0.3 is 15.3 Å². The van der Waals surface area contributed by atoms with Crippen molar-refractivity contribution in [1.82, 2.24) is 5.06 Å². The lowest BCUT2D eigenvalue weighted by Gasteiger charge is -2.41. The zero-order valence-electron chi connectivity index (χ0n) is 24.8. The van der Waals surface area contributed by atoms with Gasteiger partial charge in [-0.15, -0.1) is 5.06 Å². The molecule has 3 aromatic rings. The van der Waals surface area contributed by atoms with Crippen molar-refractivity contribution in [3.05, 3.63) is 106 Å². The van der Waals surface area contributed by atoms with Crippen molar-refractivity contribution < 1.29 is 36.3 Å². The Morgan fingerprint density at radius 2 is 1.69 bits per heavy atom. The highest BCUT2D eigenvalue weighted by atomic mass is 35.5. The summed E-state index contributed by atoms with van der Waals surface area (Å²) in [5, 5.41) is 14.7. The van der Waals surface area contributed by atoms with E-state index in [1.807, 2.05) is 44.3 Å². The predicted molar refractivity (Wildman–Crippen MR) is 164 cm³/mol. The third-order valence-corrected chi connectivity index (χ3v) is 11.4. The third-order valence-electron chi connectivity index (χ3n) is 8.51. The highest BCUT2D eigenvalue weighted by Crippen LogP contribution is 2.52. The second-order valence-electron chi connectivity index (χ2n) is 12.1. The molecule has 0 radical (unpaired) electrons. The van der Waals surface area contributed by atoms with Crippen LogP contribution >= 0.6 is 11.6 Å². The van der Waals surface area contributed by atoms with E-state index in [9.17, 15) is 31.5 Å². The number of fused-ring (bicyclic) bond motifs is 2. The lowest BCUT2D eigenvalue weighted by molar-refractivity contribution is -0.0895. The first kappa shape index (κ1) is 33.0. The normalized spacial score (nSPS) is 23.3. The van der Waals surface area contributed by atoms with Crippen molar-refractivity contribution in [1.29, 1.82) is 0 Å². The largest absolute Gasteiger partial charge is 0.414 e. The van der Waals surface area contributed by atoms with Gasteiger partial charge in [-0.3, -0.25) is 4.79 Å². The van der Waals surface area contributed by atoms with E-state index in [-0.39, 0.29) is 45.8 Å². The molecule has 0 spiro atoms. The van der Waals surface area contributed by atoms with E-state index < -0.39 is 44.0 Å². The molecule has 5 rings (SSSR count). The first-order chi connectivity index (χ1) is 21.3. The summed E-state index contributed by atoms with van der Waals surface area (Å²) in [7, 11) is -2.23. The van der Waals surface area contributed by atoms with Crippen molar-refractivity contribution in [2.75, 3.05) is 12.4 Å². The summed E-state index contributed by atoms with van der Waals surface area (Å²) in [5.74, 6) is -6.14. The van der Waals surface area contributed by atoms with Gasteiger partial charge in [0.05, 0.1) is 27.3 Å². The highest BCUT2D eigenvalue weighted by molar-refractivity contribution is 7.92. The fourth-order valence-electron chi connectivity index (χ4n) is 6.75. The van der Waals surface area contributed by atoms with Crippen molar-refractivity contribution in [2.45, 2.75) is 61.3 Å². The summed E-state index contributed by atoms with van der Waals surface area (Å²) in [6, 6.07) is 14.8. The zero-order valence-corrected chi connectivity index (χ0v) is 26.3. The van der Waals surface area contributed by atoms with Crippen LogP contribution in [0.2, 0.25) is 5.02 Å². The Balaban J connectivity index is 1.27. The second-order valence-corrected chi connectivity index (χ2v) is 14.6. The number of hydrogen-bond acceptors (Lipinski definition) is 6. The SMILES string of the molecule is C/C(=C/ON(C)Cc1ccccc1)C[C@]1(O)CC2CCC(C1)[C@H]2S(=O)(=O)c1cc(C(=O)Nc2cc(F)c(F)c(F)c2)ccc1Cl. The summed E-state index contributed by atoms with van der Waals surface area (Å²) in [4.78, 5) is 18.4. The minimum absolute atomic E-state index is 0.0683. The number of anilines is 1. The van der Waals surface area contributed by atoms with Crippen LogP contribution in [0.15, 0.2) is 77.4 Å². The molecule has 2 N–H and O–H groups in total. The van der Waals surface area contributed by atoms with Gasteiger partial charge in [-0.25, -0.2) is 21.6 Å². The molecule has 45 heavy (non-hydrogen) atoms. The molecule has 2 unspecified atom stereocenters. The molecule has 2 aliphatic rings. The first-order valence-corrected chi connectivity index (χ1v) is 16.5. The monoisotopic (exact) mass is 662 g/mol. The third kappa shape index (κ3) is 7.38. The molecule has 0 aromatic heterocycles. The van der Waals surface area contributed by atoms with E-state index in [1.165, 1.54) is 12.1 Å². The number of carbonyl (C=O) groups excluding carboxylic acids is 1. The highest BCUT2D eigenvalue weighted by Gasteiger charge is 2.54. The number of halogens is 4. The maximum atomic E-state index is 14.0. The Labute approximate surface area is 265 Å². The average Bonchev–Trinajstić information content (AvgIpc) is 3.28. The van der Waals surface area contributed by atoms with Gasteiger partial charge in [0.2, 0.25) is 0 Å². The molecule has 2 fully saturated rings. The molecule has 12 heteroatoms. The molecule has 2 bridgehead atoms. The summed E-state index contributed by atoms with van der Waals surface area (Å²) in [5.41, 5.74) is 0.357. The predicted octanol–water partition coefficient (Wildman–Crippen LogP) is 7.06. The van der Waals surface area contributed by atoms with Crippen molar-refractivity contribution in [3.8, 4) is 0 Å². The van der Waals surface area contributed by atoms with Gasteiger partial charge in [0, 0.05) is 36.9 Å². The Morgan fingerprint density at radius 1 is 1.07 bits per heavy atom. The summed E-state index contributed by atoms with van der Waals surface area (Å²) < 4.78 is 68.6. The number of benzene rings is 3. The van der Waals surface area contributed by atoms with E-state index in [0.717, 1.165) is 17.2 Å². The molecule has 0 aliphatic heterocycles. The summed E-state index contributed by atoms with van der Waals surface area (Å²) in [6.45, 7) is 2.44. The lowest BCUT2D eigenvalue weighted by Crippen LogP contribution is -2.46. The maximum Gasteiger partial charge on any atom is 0.255 e. The van der Waals surface area contributed by atoms with E-state index >= 15 is 0 Å². The topological polar surface area (TPSA) is 95.9 Å². The number of sulfone groups is 1. The fourth-order valence-corrected chi connectivity index (χ4v) is 9.59. The van der Waals surface area contributed by atoms with Crippen LogP contribution in [0.4, 0.5) is 18.9 Å². The zero-order chi connectivity index (χ0) is 32.5.